The van der Waals surface area contributed by atoms with Crippen LogP contribution >= 0.6 is 11.3 Å². The Morgan fingerprint density at radius 3 is 3.05 bits per heavy atom. The summed E-state index contributed by atoms with van der Waals surface area (Å²) in [4.78, 5) is 32.6. The van der Waals surface area contributed by atoms with Crippen LogP contribution < -0.4 is 10.9 Å². The van der Waals surface area contributed by atoms with Gasteiger partial charge in [-0.1, -0.05) is 0 Å². The monoisotopic (exact) mass is 292 g/mol. The molecule has 20 heavy (non-hydrogen) atoms. The van der Waals surface area contributed by atoms with E-state index in [0.717, 1.165) is 13.1 Å². The minimum Gasteiger partial charge on any atom is -0.338 e. The Bertz CT molecular complexity index is 689. The zero-order chi connectivity index (χ0) is 14.1. The Balaban J connectivity index is 1.71. The molecule has 2 aromatic rings. The van der Waals surface area contributed by atoms with Gasteiger partial charge in [0.25, 0.3) is 5.56 Å². The normalized spacial score (nSPS) is 15.2. The minimum atomic E-state index is -0.135. The molecular formula is C13H16N4O2S. The number of aromatic nitrogens is 2. The van der Waals surface area contributed by atoms with Crippen LogP contribution in [-0.4, -0.2) is 40.9 Å². The average Bonchev–Trinajstić information content (AvgIpc) is 2.82. The Hall–Kier alpha value is -1.73. The summed E-state index contributed by atoms with van der Waals surface area (Å²) in [5, 5.41) is 4.99. The quantitative estimate of drug-likeness (QED) is 0.863. The first-order chi connectivity index (χ1) is 9.63. The van der Waals surface area contributed by atoms with Gasteiger partial charge in [-0.3, -0.25) is 9.59 Å². The lowest BCUT2D eigenvalue weighted by Crippen LogP contribution is -2.44. The maximum atomic E-state index is 12.0. The molecular weight excluding hydrogens is 276 g/mol. The van der Waals surface area contributed by atoms with Crippen molar-refractivity contribution in [3.8, 4) is 0 Å². The fourth-order valence-corrected chi connectivity index (χ4v) is 2.93. The largest absolute Gasteiger partial charge is 0.338 e. The molecule has 2 N–H and O–H groups in total. The van der Waals surface area contributed by atoms with Gasteiger partial charge in [0.2, 0.25) is 5.91 Å². The van der Waals surface area contributed by atoms with E-state index in [9.17, 15) is 9.59 Å². The number of aromatic amines is 1. The Morgan fingerprint density at radius 2 is 2.35 bits per heavy atom. The van der Waals surface area contributed by atoms with Crippen molar-refractivity contribution in [2.45, 2.75) is 13.0 Å². The molecule has 0 bridgehead atoms. The number of amides is 1. The van der Waals surface area contributed by atoms with E-state index >= 15 is 0 Å². The van der Waals surface area contributed by atoms with Crippen molar-refractivity contribution in [2.75, 3.05) is 20.1 Å². The second-order valence-electron chi connectivity index (χ2n) is 5.13. The molecule has 1 amide bonds. The molecule has 7 heteroatoms. The second kappa shape index (κ2) is 5.34. The van der Waals surface area contributed by atoms with Crippen molar-refractivity contribution in [2.24, 2.45) is 5.92 Å². The van der Waals surface area contributed by atoms with E-state index in [4.69, 9.17) is 0 Å². The molecule has 6 nitrogen and oxygen atoms in total. The molecule has 3 rings (SSSR count). The lowest BCUT2D eigenvalue weighted by molar-refractivity contribution is -0.131. The second-order valence-corrected chi connectivity index (χ2v) is 6.04. The molecule has 3 heterocycles. The van der Waals surface area contributed by atoms with Crippen LogP contribution in [0, 0.1) is 5.92 Å². The fraction of sp³-hybridized carbons (Fsp3) is 0.462. The summed E-state index contributed by atoms with van der Waals surface area (Å²) in [7, 11) is 1.74. The molecule has 1 aliphatic rings. The van der Waals surface area contributed by atoms with Gasteiger partial charge in [0, 0.05) is 13.5 Å². The van der Waals surface area contributed by atoms with Gasteiger partial charge in [0.05, 0.1) is 12.1 Å². The first-order valence-corrected chi connectivity index (χ1v) is 7.42. The number of thiophene rings is 1. The number of hydrogen-bond donors (Lipinski definition) is 2. The van der Waals surface area contributed by atoms with Crippen molar-refractivity contribution in [1.82, 2.24) is 20.2 Å². The van der Waals surface area contributed by atoms with E-state index in [1.165, 1.54) is 11.3 Å². The van der Waals surface area contributed by atoms with Gasteiger partial charge in [-0.25, -0.2) is 4.98 Å². The van der Waals surface area contributed by atoms with Crippen molar-refractivity contribution >= 4 is 27.5 Å². The van der Waals surface area contributed by atoms with Crippen molar-refractivity contribution in [1.29, 1.82) is 0 Å². The first kappa shape index (κ1) is 13.3. The van der Waals surface area contributed by atoms with Gasteiger partial charge < -0.3 is 15.2 Å². The first-order valence-electron chi connectivity index (χ1n) is 6.54. The maximum absolute atomic E-state index is 12.0. The maximum Gasteiger partial charge on any atom is 0.268 e. The number of nitrogens with zero attached hydrogens (tertiary/aromatic N) is 2. The zero-order valence-electron chi connectivity index (χ0n) is 11.2. The highest BCUT2D eigenvalue weighted by Gasteiger charge is 2.22. The third-order valence-electron chi connectivity index (χ3n) is 3.51. The van der Waals surface area contributed by atoms with Crippen LogP contribution in [0.2, 0.25) is 0 Å². The summed E-state index contributed by atoms with van der Waals surface area (Å²) in [6.07, 6.45) is 0.550. The summed E-state index contributed by atoms with van der Waals surface area (Å²) in [6, 6.07) is 1.82. The van der Waals surface area contributed by atoms with E-state index in [-0.39, 0.29) is 11.5 Å². The number of carbonyl (C=O) groups is 1. The van der Waals surface area contributed by atoms with Crippen LogP contribution in [0.15, 0.2) is 16.2 Å². The van der Waals surface area contributed by atoms with Crippen LogP contribution in [0.3, 0.4) is 0 Å². The molecule has 1 aliphatic heterocycles. The third-order valence-corrected chi connectivity index (χ3v) is 4.41. The van der Waals surface area contributed by atoms with Crippen LogP contribution in [0.25, 0.3) is 10.2 Å². The van der Waals surface area contributed by atoms with Gasteiger partial charge in [-0.15, -0.1) is 11.3 Å². The van der Waals surface area contributed by atoms with Crippen molar-refractivity contribution in [3.63, 3.8) is 0 Å². The molecule has 106 valence electrons. The minimum absolute atomic E-state index is 0.0876. The molecule has 0 unspecified atom stereocenters. The number of hydrogen-bond acceptors (Lipinski definition) is 5. The lowest BCUT2D eigenvalue weighted by Gasteiger charge is -2.28. The molecule has 0 spiro atoms. The van der Waals surface area contributed by atoms with E-state index < -0.39 is 0 Å². The van der Waals surface area contributed by atoms with Crippen molar-refractivity contribution < 1.29 is 4.79 Å². The van der Waals surface area contributed by atoms with E-state index in [2.05, 4.69) is 15.3 Å². The SMILES string of the molecule is CN(Cc1nc2ccsc2c(=O)[nH]1)C(=O)CC1CNC1. The molecule has 0 atom stereocenters. The molecule has 2 aromatic heterocycles. The molecule has 0 aliphatic carbocycles. The van der Waals surface area contributed by atoms with Gasteiger partial charge in [0.15, 0.2) is 0 Å². The molecule has 0 radical (unpaired) electrons. The Kier molecular flexibility index (Phi) is 3.54. The highest BCUT2D eigenvalue weighted by Crippen LogP contribution is 2.15. The summed E-state index contributed by atoms with van der Waals surface area (Å²) >= 11 is 1.37. The smallest absolute Gasteiger partial charge is 0.268 e. The lowest BCUT2D eigenvalue weighted by atomic mass is 9.99. The number of H-pyrrole nitrogens is 1. The van der Waals surface area contributed by atoms with Crippen LogP contribution in [-0.2, 0) is 11.3 Å². The summed E-state index contributed by atoms with van der Waals surface area (Å²) in [5.41, 5.74) is 0.557. The molecule has 1 saturated heterocycles. The van der Waals surface area contributed by atoms with Crippen LogP contribution in [0.1, 0.15) is 12.2 Å². The van der Waals surface area contributed by atoms with Gasteiger partial charge in [-0.05, 0) is 30.5 Å². The average molecular weight is 292 g/mol. The zero-order valence-corrected chi connectivity index (χ0v) is 12.0. The fourth-order valence-electron chi connectivity index (χ4n) is 2.20. The Labute approximate surface area is 119 Å². The molecule has 0 saturated carbocycles. The van der Waals surface area contributed by atoms with Crippen LogP contribution in [0.5, 0.6) is 0 Å². The standard InChI is InChI=1S/C13H16N4O2S/c1-17(11(18)4-8-5-14-6-8)7-10-15-9-2-3-20-12(9)13(19)16-10/h2-3,8,14H,4-7H2,1H3,(H,15,16,19). The number of nitrogens with one attached hydrogen (secondary N) is 2. The highest BCUT2D eigenvalue weighted by atomic mass is 32.1. The summed E-state index contributed by atoms with van der Waals surface area (Å²) < 4.78 is 0.628. The topological polar surface area (TPSA) is 78.1 Å². The van der Waals surface area contributed by atoms with Crippen LogP contribution in [0.4, 0.5) is 0 Å². The number of fused-ring (bicyclic) bond motifs is 1. The van der Waals surface area contributed by atoms with Gasteiger partial charge in [0.1, 0.15) is 10.5 Å². The number of rotatable bonds is 4. The summed E-state index contributed by atoms with van der Waals surface area (Å²) in [6.45, 7) is 2.16. The number of carbonyl (C=O) groups excluding carboxylic acids is 1. The predicted molar refractivity (Wildman–Crippen MR) is 77.7 cm³/mol. The van der Waals surface area contributed by atoms with Gasteiger partial charge >= 0.3 is 0 Å². The molecule has 0 aromatic carbocycles. The third kappa shape index (κ3) is 2.59. The molecule has 1 fully saturated rings. The van der Waals surface area contributed by atoms with E-state index in [1.807, 2.05) is 11.4 Å². The van der Waals surface area contributed by atoms with Crippen molar-refractivity contribution in [3.05, 3.63) is 27.6 Å². The summed E-state index contributed by atoms with van der Waals surface area (Å²) in [5.74, 6) is 1.06. The Morgan fingerprint density at radius 1 is 1.55 bits per heavy atom. The predicted octanol–water partition coefficient (Wildman–Crippen LogP) is 0.552. The van der Waals surface area contributed by atoms with E-state index in [0.29, 0.717) is 34.9 Å². The van der Waals surface area contributed by atoms with Gasteiger partial charge in [-0.2, -0.15) is 0 Å². The highest BCUT2D eigenvalue weighted by molar-refractivity contribution is 7.17. The van der Waals surface area contributed by atoms with E-state index in [1.54, 1.807) is 11.9 Å².